The van der Waals surface area contributed by atoms with E-state index in [1.807, 2.05) is 36.4 Å². The predicted molar refractivity (Wildman–Crippen MR) is 80.9 cm³/mol. The molecule has 0 aliphatic heterocycles. The molecule has 6 nitrogen and oxygen atoms in total. The molecule has 0 radical (unpaired) electrons. The number of hydrogen-bond donors (Lipinski definition) is 2. The molecule has 2 aromatic carbocycles. The van der Waals surface area contributed by atoms with E-state index in [9.17, 15) is 4.79 Å². The first-order chi connectivity index (χ1) is 10.2. The van der Waals surface area contributed by atoms with Crippen LogP contribution in [0.3, 0.4) is 0 Å². The second-order valence-electron chi connectivity index (χ2n) is 4.29. The molecule has 3 aromatic rings. The van der Waals surface area contributed by atoms with Crippen LogP contribution in [0, 0.1) is 4.77 Å². The van der Waals surface area contributed by atoms with Crippen LogP contribution in [0.25, 0.3) is 5.69 Å². The van der Waals surface area contributed by atoms with Gasteiger partial charge in [-0.1, -0.05) is 34.6 Å². The first-order valence-electron chi connectivity index (χ1n) is 6.21. The summed E-state index contributed by atoms with van der Waals surface area (Å²) < 4.78 is 1.82. The predicted octanol–water partition coefficient (Wildman–Crippen LogP) is 2.58. The minimum Gasteiger partial charge on any atom is -0.322 e. The maximum absolute atomic E-state index is 12.2. The van der Waals surface area contributed by atoms with Crippen LogP contribution in [0.5, 0.6) is 0 Å². The summed E-state index contributed by atoms with van der Waals surface area (Å²) in [5.41, 5.74) is 1.96. The van der Waals surface area contributed by atoms with Gasteiger partial charge in [-0.05, 0) is 42.5 Å². The van der Waals surface area contributed by atoms with E-state index >= 15 is 0 Å². The monoisotopic (exact) mass is 297 g/mol. The molecule has 7 heteroatoms. The van der Waals surface area contributed by atoms with Gasteiger partial charge in [-0.15, -0.1) is 0 Å². The van der Waals surface area contributed by atoms with Crippen molar-refractivity contribution in [2.45, 2.75) is 0 Å². The summed E-state index contributed by atoms with van der Waals surface area (Å²) in [5.74, 6) is -0.193. The smallest absolute Gasteiger partial charge is 0.255 e. The maximum atomic E-state index is 12.2. The Kier molecular flexibility index (Phi) is 3.57. The lowest BCUT2D eigenvalue weighted by atomic mass is 10.2. The third kappa shape index (κ3) is 2.87. The van der Waals surface area contributed by atoms with Gasteiger partial charge in [0, 0.05) is 11.3 Å². The molecular formula is C14H11N5OS. The third-order valence-corrected chi connectivity index (χ3v) is 3.13. The molecule has 104 valence electrons. The molecule has 21 heavy (non-hydrogen) atoms. The molecule has 0 unspecified atom stereocenters. The van der Waals surface area contributed by atoms with Crippen molar-refractivity contribution in [3.05, 3.63) is 64.9 Å². The number of anilines is 1. The fourth-order valence-corrected chi connectivity index (χ4v) is 2.06. The average Bonchev–Trinajstić information content (AvgIpc) is 2.94. The average molecular weight is 297 g/mol. The summed E-state index contributed by atoms with van der Waals surface area (Å²) in [4.78, 5) is 12.2. The Labute approximate surface area is 125 Å². The second kappa shape index (κ2) is 5.68. The van der Waals surface area contributed by atoms with E-state index in [2.05, 4.69) is 20.8 Å². The molecule has 0 saturated carbocycles. The molecule has 0 bridgehead atoms. The molecule has 0 aliphatic rings. The first kappa shape index (κ1) is 13.2. The number of hydrogen-bond acceptors (Lipinski definition) is 4. The summed E-state index contributed by atoms with van der Waals surface area (Å²) in [6.07, 6.45) is 0. The third-order valence-electron chi connectivity index (χ3n) is 2.87. The second-order valence-corrected chi connectivity index (χ2v) is 4.65. The van der Waals surface area contributed by atoms with E-state index in [1.54, 1.807) is 18.2 Å². The van der Waals surface area contributed by atoms with Gasteiger partial charge in [0.05, 0.1) is 5.69 Å². The van der Waals surface area contributed by atoms with E-state index < -0.39 is 0 Å². The normalized spacial score (nSPS) is 10.3. The molecule has 0 spiro atoms. The van der Waals surface area contributed by atoms with Crippen LogP contribution in [0.4, 0.5) is 5.69 Å². The topological polar surface area (TPSA) is 75.6 Å². The van der Waals surface area contributed by atoms with Gasteiger partial charge in [-0.2, -0.15) is 5.21 Å². The molecule has 0 atom stereocenters. The highest BCUT2D eigenvalue weighted by Gasteiger charge is 2.08. The fraction of sp³-hybridized carbons (Fsp3) is 0. The van der Waals surface area contributed by atoms with E-state index in [1.165, 1.54) is 4.68 Å². The van der Waals surface area contributed by atoms with Gasteiger partial charge >= 0.3 is 0 Å². The molecule has 0 aliphatic carbocycles. The number of aromatic amines is 1. The van der Waals surface area contributed by atoms with Gasteiger partial charge in [-0.3, -0.25) is 4.79 Å². The van der Waals surface area contributed by atoms with Gasteiger partial charge in [0.1, 0.15) is 0 Å². The van der Waals surface area contributed by atoms with Crippen LogP contribution in [-0.4, -0.2) is 26.1 Å². The molecule has 1 aromatic heterocycles. The molecule has 0 saturated heterocycles. The Morgan fingerprint density at radius 3 is 2.67 bits per heavy atom. The minimum atomic E-state index is -0.193. The van der Waals surface area contributed by atoms with E-state index in [0.717, 1.165) is 5.69 Å². The molecule has 0 fully saturated rings. The molecule has 2 N–H and O–H groups in total. The lowest BCUT2D eigenvalue weighted by molar-refractivity contribution is 0.102. The Morgan fingerprint density at radius 2 is 1.95 bits per heavy atom. The van der Waals surface area contributed by atoms with Crippen molar-refractivity contribution in [1.82, 2.24) is 20.2 Å². The number of amides is 1. The number of carbonyl (C=O) groups excluding carboxylic acids is 1. The van der Waals surface area contributed by atoms with Crippen LogP contribution >= 0.6 is 12.2 Å². The fourth-order valence-electron chi connectivity index (χ4n) is 1.88. The zero-order valence-electron chi connectivity index (χ0n) is 10.9. The van der Waals surface area contributed by atoms with Crippen molar-refractivity contribution in [3.8, 4) is 5.69 Å². The Morgan fingerprint density at radius 1 is 1.14 bits per heavy atom. The first-order valence-corrected chi connectivity index (χ1v) is 6.62. The number of rotatable bonds is 3. The highest BCUT2D eigenvalue weighted by Crippen LogP contribution is 2.12. The quantitative estimate of drug-likeness (QED) is 0.729. The summed E-state index contributed by atoms with van der Waals surface area (Å²) in [6, 6.07) is 16.3. The Balaban J connectivity index is 1.88. The van der Waals surface area contributed by atoms with Gasteiger partial charge < -0.3 is 5.32 Å². The SMILES string of the molecule is O=C(Nc1ccccc1)c1cccc(-n2[nH]nnc2=S)c1. The highest BCUT2D eigenvalue weighted by molar-refractivity contribution is 7.71. The standard InChI is InChI=1S/C14H11N5OS/c20-13(15-11-6-2-1-3-7-11)10-5-4-8-12(9-10)19-14(21)16-17-18-19/h1-9H,(H,15,20)(H,16,18,21). The van der Waals surface area contributed by atoms with E-state index in [0.29, 0.717) is 16.0 Å². The zero-order valence-corrected chi connectivity index (χ0v) is 11.7. The van der Waals surface area contributed by atoms with Crippen molar-refractivity contribution in [1.29, 1.82) is 0 Å². The van der Waals surface area contributed by atoms with Crippen molar-refractivity contribution < 1.29 is 4.79 Å². The largest absolute Gasteiger partial charge is 0.322 e. The van der Waals surface area contributed by atoms with E-state index in [4.69, 9.17) is 12.2 Å². The van der Waals surface area contributed by atoms with Crippen LogP contribution in [0.15, 0.2) is 54.6 Å². The van der Waals surface area contributed by atoms with Crippen LogP contribution < -0.4 is 5.32 Å². The summed E-state index contributed by atoms with van der Waals surface area (Å²) in [7, 11) is 0. The number of benzene rings is 2. The maximum Gasteiger partial charge on any atom is 0.255 e. The number of nitrogens with zero attached hydrogens (tertiary/aromatic N) is 3. The van der Waals surface area contributed by atoms with Crippen molar-refractivity contribution in [2.24, 2.45) is 0 Å². The van der Waals surface area contributed by atoms with Crippen LogP contribution in [-0.2, 0) is 0 Å². The summed E-state index contributed by atoms with van der Waals surface area (Å²) in [5, 5.41) is 12.8. The Bertz CT molecular complexity index is 824. The Hall–Kier alpha value is -2.80. The van der Waals surface area contributed by atoms with Crippen LogP contribution in [0.2, 0.25) is 0 Å². The van der Waals surface area contributed by atoms with Crippen molar-refractivity contribution in [3.63, 3.8) is 0 Å². The van der Waals surface area contributed by atoms with Gasteiger partial charge in [-0.25, -0.2) is 4.68 Å². The molecular weight excluding hydrogens is 286 g/mol. The zero-order chi connectivity index (χ0) is 14.7. The number of H-pyrrole nitrogens is 1. The lowest BCUT2D eigenvalue weighted by Crippen LogP contribution is -2.12. The lowest BCUT2D eigenvalue weighted by Gasteiger charge is -2.07. The number of para-hydroxylation sites is 1. The van der Waals surface area contributed by atoms with Crippen molar-refractivity contribution in [2.75, 3.05) is 5.32 Å². The minimum absolute atomic E-state index is 0.193. The molecule has 1 amide bonds. The van der Waals surface area contributed by atoms with E-state index in [-0.39, 0.29) is 5.91 Å². The van der Waals surface area contributed by atoms with Crippen molar-refractivity contribution >= 4 is 23.8 Å². The number of tetrazole rings is 1. The summed E-state index contributed by atoms with van der Waals surface area (Å²) >= 11 is 5.04. The molecule has 1 heterocycles. The number of carbonyl (C=O) groups is 1. The van der Waals surface area contributed by atoms with Gasteiger partial charge in [0.15, 0.2) is 0 Å². The number of aromatic nitrogens is 4. The number of nitrogens with one attached hydrogen (secondary N) is 2. The summed E-state index contributed by atoms with van der Waals surface area (Å²) in [6.45, 7) is 0. The molecule has 3 rings (SSSR count). The highest BCUT2D eigenvalue weighted by atomic mass is 32.1. The van der Waals surface area contributed by atoms with Gasteiger partial charge in [0.2, 0.25) is 4.77 Å². The van der Waals surface area contributed by atoms with Gasteiger partial charge in [0.25, 0.3) is 5.91 Å². The van der Waals surface area contributed by atoms with Crippen LogP contribution in [0.1, 0.15) is 10.4 Å².